The van der Waals surface area contributed by atoms with Crippen molar-refractivity contribution >= 4 is 28.6 Å². The monoisotopic (exact) mass is 355 g/mol. The molecule has 0 aliphatic heterocycles. The van der Waals surface area contributed by atoms with Gasteiger partial charge in [-0.3, -0.25) is 0 Å². The summed E-state index contributed by atoms with van der Waals surface area (Å²) in [5.41, 5.74) is 1.87. The molecule has 0 radical (unpaired) electrons. The molecule has 3 heterocycles. The molecule has 25 heavy (non-hydrogen) atoms. The number of hydrogen-bond acceptors (Lipinski definition) is 7. The second kappa shape index (κ2) is 6.48. The number of carbonyl (C=O) groups excluding carboxylic acids is 1. The van der Waals surface area contributed by atoms with Crippen LogP contribution >= 0.6 is 11.8 Å². The van der Waals surface area contributed by atoms with Crippen LogP contribution in [0.25, 0.3) is 22.4 Å². The predicted molar refractivity (Wildman–Crippen MR) is 91.2 cm³/mol. The molecule has 4 aromatic rings. The first-order valence-corrected chi connectivity index (χ1v) is 8.43. The number of furan rings is 1. The summed E-state index contributed by atoms with van der Waals surface area (Å²) in [4.78, 5) is 14.6. The van der Waals surface area contributed by atoms with Crippen molar-refractivity contribution in [2.24, 2.45) is 0 Å². The van der Waals surface area contributed by atoms with E-state index in [1.54, 1.807) is 12.1 Å². The molecule has 0 fully saturated rings. The lowest BCUT2D eigenvalue weighted by Gasteiger charge is -1.95. The van der Waals surface area contributed by atoms with Gasteiger partial charge in [-0.15, -0.1) is 10.2 Å². The minimum Gasteiger partial charge on any atom is -0.463 e. The van der Waals surface area contributed by atoms with Gasteiger partial charge in [0.2, 0.25) is 5.76 Å². The molecule has 8 heteroatoms. The van der Waals surface area contributed by atoms with Gasteiger partial charge < -0.3 is 18.6 Å². The van der Waals surface area contributed by atoms with Crippen LogP contribution in [0.2, 0.25) is 0 Å². The number of hydrogen-bond donors (Lipinski definition) is 1. The molecule has 0 unspecified atom stereocenters. The average Bonchev–Trinajstić information content (AvgIpc) is 3.37. The number of rotatable bonds is 5. The van der Waals surface area contributed by atoms with Crippen LogP contribution in [0.1, 0.15) is 16.3 Å². The number of esters is 1. The second-order valence-electron chi connectivity index (χ2n) is 5.17. The van der Waals surface area contributed by atoms with E-state index in [9.17, 15) is 4.79 Å². The summed E-state index contributed by atoms with van der Waals surface area (Å²) in [5, 5.41) is 9.61. The molecule has 0 saturated heterocycles. The first-order chi connectivity index (χ1) is 12.2. The SMILES string of the molecule is COC(=O)c1ccc(CSc2nnc(-c3c[nH]c4ccccc34)o2)o1. The number of thioether (sulfide) groups is 1. The number of para-hydroxylation sites is 1. The maximum Gasteiger partial charge on any atom is 0.373 e. The number of nitrogens with one attached hydrogen (secondary N) is 1. The van der Waals surface area contributed by atoms with E-state index < -0.39 is 5.97 Å². The number of fused-ring (bicyclic) bond motifs is 1. The summed E-state index contributed by atoms with van der Waals surface area (Å²) in [7, 11) is 1.31. The number of aromatic nitrogens is 3. The number of nitrogens with zero attached hydrogens (tertiary/aromatic N) is 2. The highest BCUT2D eigenvalue weighted by atomic mass is 32.2. The van der Waals surface area contributed by atoms with E-state index in [2.05, 4.69) is 19.9 Å². The Balaban J connectivity index is 1.48. The maximum absolute atomic E-state index is 11.4. The van der Waals surface area contributed by atoms with Crippen molar-refractivity contribution in [3.8, 4) is 11.5 Å². The summed E-state index contributed by atoms with van der Waals surface area (Å²) < 4.78 is 15.7. The minimum absolute atomic E-state index is 0.170. The van der Waals surface area contributed by atoms with Crippen LogP contribution in [-0.2, 0) is 10.5 Å². The van der Waals surface area contributed by atoms with Gasteiger partial charge in [-0.05, 0) is 18.2 Å². The molecule has 0 saturated carbocycles. The van der Waals surface area contributed by atoms with E-state index in [1.807, 2.05) is 30.5 Å². The standard InChI is InChI=1S/C17H13N3O4S/c1-22-16(21)14-7-6-10(23-14)9-25-17-20-19-15(24-17)12-8-18-13-5-3-2-4-11(12)13/h2-8,18H,9H2,1H3. The summed E-state index contributed by atoms with van der Waals surface area (Å²) >= 11 is 1.33. The zero-order valence-electron chi connectivity index (χ0n) is 13.2. The lowest BCUT2D eigenvalue weighted by molar-refractivity contribution is 0.0563. The van der Waals surface area contributed by atoms with Gasteiger partial charge in [-0.2, -0.15) is 0 Å². The Morgan fingerprint density at radius 3 is 2.96 bits per heavy atom. The van der Waals surface area contributed by atoms with Crippen molar-refractivity contribution in [1.29, 1.82) is 0 Å². The Hall–Kier alpha value is -3.00. The van der Waals surface area contributed by atoms with Gasteiger partial charge in [0.15, 0.2) is 0 Å². The molecule has 0 bridgehead atoms. The van der Waals surface area contributed by atoms with Crippen LogP contribution in [0.15, 0.2) is 56.7 Å². The van der Waals surface area contributed by atoms with Crippen LogP contribution in [0.3, 0.4) is 0 Å². The van der Waals surface area contributed by atoms with Crippen LogP contribution in [0.4, 0.5) is 0 Å². The first kappa shape index (κ1) is 15.5. The smallest absolute Gasteiger partial charge is 0.373 e. The Bertz CT molecular complexity index is 1030. The molecule has 0 atom stereocenters. The molecule has 0 spiro atoms. The van der Waals surface area contributed by atoms with Crippen LogP contribution in [-0.4, -0.2) is 28.3 Å². The molecule has 4 rings (SSSR count). The Morgan fingerprint density at radius 1 is 1.20 bits per heavy atom. The van der Waals surface area contributed by atoms with Crippen molar-refractivity contribution in [2.45, 2.75) is 11.0 Å². The minimum atomic E-state index is -0.504. The van der Waals surface area contributed by atoms with Gasteiger partial charge in [0.1, 0.15) is 5.76 Å². The lowest BCUT2D eigenvalue weighted by atomic mass is 10.2. The fourth-order valence-corrected chi connectivity index (χ4v) is 3.08. The molecule has 1 aromatic carbocycles. The third-order valence-electron chi connectivity index (χ3n) is 3.61. The van der Waals surface area contributed by atoms with E-state index in [0.717, 1.165) is 16.5 Å². The normalized spacial score (nSPS) is 11.1. The molecule has 0 amide bonds. The number of benzene rings is 1. The summed E-state index contributed by atoms with van der Waals surface area (Å²) in [6, 6.07) is 11.2. The second-order valence-corrected chi connectivity index (χ2v) is 6.09. The van der Waals surface area contributed by atoms with Crippen molar-refractivity contribution in [3.63, 3.8) is 0 Å². The number of ether oxygens (including phenoxy) is 1. The van der Waals surface area contributed by atoms with Gasteiger partial charge in [0.25, 0.3) is 11.1 Å². The van der Waals surface area contributed by atoms with E-state index in [-0.39, 0.29) is 5.76 Å². The third kappa shape index (κ3) is 3.03. The predicted octanol–water partition coefficient (Wildman–Crippen LogP) is 3.89. The van der Waals surface area contributed by atoms with Gasteiger partial charge in [0.05, 0.1) is 18.4 Å². The zero-order chi connectivity index (χ0) is 17.2. The molecule has 0 aliphatic rings. The highest BCUT2D eigenvalue weighted by molar-refractivity contribution is 7.98. The number of aromatic amines is 1. The number of H-pyrrole nitrogens is 1. The molecule has 0 aliphatic carbocycles. The Morgan fingerprint density at radius 2 is 2.08 bits per heavy atom. The van der Waals surface area contributed by atoms with Crippen molar-refractivity contribution in [1.82, 2.24) is 15.2 Å². The maximum atomic E-state index is 11.4. The average molecular weight is 355 g/mol. The van der Waals surface area contributed by atoms with Crippen LogP contribution < -0.4 is 0 Å². The van der Waals surface area contributed by atoms with Gasteiger partial charge in [-0.25, -0.2) is 4.79 Å². The molecule has 126 valence electrons. The van der Waals surface area contributed by atoms with E-state index in [0.29, 0.717) is 22.6 Å². The molecule has 3 aromatic heterocycles. The summed E-state index contributed by atoms with van der Waals surface area (Å²) in [6.45, 7) is 0. The van der Waals surface area contributed by atoms with E-state index in [1.165, 1.54) is 18.9 Å². The molecule has 7 nitrogen and oxygen atoms in total. The van der Waals surface area contributed by atoms with E-state index in [4.69, 9.17) is 8.83 Å². The third-order valence-corrected chi connectivity index (χ3v) is 4.45. The number of methoxy groups -OCH3 is 1. The van der Waals surface area contributed by atoms with Crippen molar-refractivity contribution < 1.29 is 18.4 Å². The summed E-state index contributed by atoms with van der Waals surface area (Å²) in [5.74, 6) is 1.21. The highest BCUT2D eigenvalue weighted by Gasteiger charge is 2.15. The zero-order valence-corrected chi connectivity index (χ0v) is 14.0. The Kier molecular flexibility index (Phi) is 4.02. The van der Waals surface area contributed by atoms with Crippen LogP contribution in [0, 0.1) is 0 Å². The molecule has 1 N–H and O–H groups in total. The molecular formula is C17H13N3O4S. The fourth-order valence-electron chi connectivity index (χ4n) is 2.42. The van der Waals surface area contributed by atoms with Gasteiger partial charge in [-0.1, -0.05) is 30.0 Å². The van der Waals surface area contributed by atoms with Crippen LogP contribution in [0.5, 0.6) is 0 Å². The highest BCUT2D eigenvalue weighted by Crippen LogP contribution is 2.30. The molecular weight excluding hydrogens is 342 g/mol. The first-order valence-electron chi connectivity index (χ1n) is 7.44. The topological polar surface area (TPSA) is 94.2 Å². The Labute approximate surface area is 146 Å². The largest absolute Gasteiger partial charge is 0.463 e. The number of carbonyl (C=O) groups is 1. The van der Waals surface area contributed by atoms with E-state index >= 15 is 0 Å². The summed E-state index contributed by atoms with van der Waals surface area (Å²) in [6.07, 6.45) is 1.85. The van der Waals surface area contributed by atoms with Crippen molar-refractivity contribution in [2.75, 3.05) is 7.11 Å². The van der Waals surface area contributed by atoms with Gasteiger partial charge in [0, 0.05) is 17.1 Å². The quantitative estimate of drug-likeness (QED) is 0.429. The van der Waals surface area contributed by atoms with Gasteiger partial charge >= 0.3 is 5.97 Å². The fraction of sp³-hybridized carbons (Fsp3) is 0.118. The van der Waals surface area contributed by atoms with Crippen molar-refractivity contribution in [3.05, 3.63) is 54.1 Å². The lowest BCUT2D eigenvalue weighted by Crippen LogP contribution is -1.98.